The summed E-state index contributed by atoms with van der Waals surface area (Å²) in [5.41, 5.74) is 12.7. The van der Waals surface area contributed by atoms with E-state index in [0.717, 1.165) is 36.8 Å². The highest BCUT2D eigenvalue weighted by Crippen LogP contribution is 2.23. The molecular formula is C26H30N4O2. The number of hydrazone groups is 2. The topological polar surface area (TPSA) is 82.9 Å². The van der Waals surface area contributed by atoms with Gasteiger partial charge in [-0.1, -0.05) is 24.3 Å². The average Bonchev–Trinajstić information content (AvgIpc) is 3.45. The average molecular weight is 431 g/mol. The van der Waals surface area contributed by atoms with E-state index in [9.17, 15) is 9.59 Å². The number of amides is 2. The van der Waals surface area contributed by atoms with Crippen LogP contribution >= 0.6 is 0 Å². The molecule has 2 N–H and O–H groups in total. The molecule has 2 aliphatic carbocycles. The van der Waals surface area contributed by atoms with Gasteiger partial charge in [0.15, 0.2) is 0 Å². The minimum absolute atomic E-state index is 0.141. The van der Waals surface area contributed by atoms with Crippen LogP contribution < -0.4 is 10.9 Å². The molecule has 0 fully saturated rings. The van der Waals surface area contributed by atoms with Gasteiger partial charge in [0.2, 0.25) is 11.8 Å². The van der Waals surface area contributed by atoms with E-state index in [0.29, 0.717) is 25.7 Å². The number of hydrogen-bond acceptors (Lipinski definition) is 4. The Morgan fingerprint density at radius 3 is 1.59 bits per heavy atom. The molecule has 32 heavy (non-hydrogen) atoms. The van der Waals surface area contributed by atoms with Crippen LogP contribution in [0.3, 0.4) is 0 Å². The second-order valence-electron chi connectivity index (χ2n) is 8.56. The van der Waals surface area contributed by atoms with Crippen molar-refractivity contribution in [3.8, 4) is 0 Å². The molecule has 2 amide bonds. The Labute approximate surface area is 189 Å². The second kappa shape index (κ2) is 10.8. The van der Waals surface area contributed by atoms with E-state index in [-0.39, 0.29) is 11.8 Å². The zero-order valence-corrected chi connectivity index (χ0v) is 18.4. The molecule has 0 atom stereocenters. The first kappa shape index (κ1) is 21.9. The number of nitrogens with one attached hydrogen (secondary N) is 2. The van der Waals surface area contributed by atoms with Crippen LogP contribution in [0.5, 0.6) is 0 Å². The summed E-state index contributed by atoms with van der Waals surface area (Å²) in [5.74, 6) is -0.283. The maximum atomic E-state index is 11.9. The number of benzene rings is 2. The minimum Gasteiger partial charge on any atom is -0.273 e. The lowest BCUT2D eigenvalue weighted by atomic mass is 10.1. The third kappa shape index (κ3) is 6.13. The van der Waals surface area contributed by atoms with Gasteiger partial charge in [-0.2, -0.15) is 10.2 Å². The third-order valence-corrected chi connectivity index (χ3v) is 6.11. The Morgan fingerprint density at radius 2 is 1.12 bits per heavy atom. The highest BCUT2D eigenvalue weighted by Gasteiger charge is 2.11. The molecule has 2 aliphatic rings. The van der Waals surface area contributed by atoms with Gasteiger partial charge in [-0.15, -0.1) is 0 Å². The van der Waals surface area contributed by atoms with Gasteiger partial charge in [-0.3, -0.25) is 9.59 Å². The van der Waals surface area contributed by atoms with Gasteiger partial charge >= 0.3 is 0 Å². The molecule has 0 aromatic heterocycles. The van der Waals surface area contributed by atoms with E-state index in [4.69, 9.17) is 0 Å². The summed E-state index contributed by atoms with van der Waals surface area (Å²) in [4.78, 5) is 23.9. The molecule has 0 saturated heterocycles. The standard InChI is InChI=1S/C26H30N4O2/c31-25(29-27-17-19-11-13-21-5-3-7-23(21)15-19)9-1-2-10-26(32)30-28-18-20-12-14-22-6-4-8-24(22)16-20/h11-18H,1-10H2,(H,29,31)(H,30,32)/b27-17-,28-18+. The fraction of sp³-hybridized carbons (Fsp3) is 0.385. The SMILES string of the molecule is O=C(CCCCC(=O)N/N=C/c1ccc2c(c1)CCC2)N/N=C\c1ccc2c(c1)CCC2. The Kier molecular flexibility index (Phi) is 7.43. The van der Waals surface area contributed by atoms with Gasteiger partial charge in [-0.05, 0) is 96.9 Å². The molecule has 0 radical (unpaired) electrons. The number of carbonyl (C=O) groups is 2. The van der Waals surface area contributed by atoms with Crippen LogP contribution in [0, 0.1) is 0 Å². The van der Waals surface area contributed by atoms with Crippen molar-refractivity contribution >= 4 is 24.2 Å². The van der Waals surface area contributed by atoms with Crippen LogP contribution in [0.25, 0.3) is 0 Å². The third-order valence-electron chi connectivity index (χ3n) is 6.11. The molecule has 6 nitrogen and oxygen atoms in total. The largest absolute Gasteiger partial charge is 0.273 e. The van der Waals surface area contributed by atoms with Crippen molar-refractivity contribution in [1.82, 2.24) is 10.9 Å². The smallest absolute Gasteiger partial charge is 0.240 e. The summed E-state index contributed by atoms with van der Waals surface area (Å²) in [5, 5.41) is 8.10. The maximum absolute atomic E-state index is 11.9. The number of unbranched alkanes of at least 4 members (excludes halogenated alkanes) is 1. The zero-order chi connectivity index (χ0) is 22.2. The molecule has 0 saturated carbocycles. The first-order valence-electron chi connectivity index (χ1n) is 11.5. The van der Waals surface area contributed by atoms with Crippen LogP contribution in [0.2, 0.25) is 0 Å². The monoisotopic (exact) mass is 430 g/mol. The summed E-state index contributed by atoms with van der Waals surface area (Å²) in [6.45, 7) is 0. The molecule has 0 bridgehead atoms. The molecule has 2 aromatic carbocycles. The zero-order valence-electron chi connectivity index (χ0n) is 18.4. The molecule has 0 heterocycles. The summed E-state index contributed by atoms with van der Waals surface area (Å²) < 4.78 is 0. The number of rotatable bonds is 9. The predicted molar refractivity (Wildman–Crippen MR) is 127 cm³/mol. The fourth-order valence-corrected chi connectivity index (χ4v) is 4.38. The highest BCUT2D eigenvalue weighted by molar-refractivity contribution is 5.83. The quantitative estimate of drug-likeness (QED) is 0.360. The number of fused-ring (bicyclic) bond motifs is 2. The van der Waals surface area contributed by atoms with Gasteiger partial charge < -0.3 is 0 Å². The van der Waals surface area contributed by atoms with Crippen molar-refractivity contribution in [2.75, 3.05) is 0 Å². The maximum Gasteiger partial charge on any atom is 0.240 e. The van der Waals surface area contributed by atoms with Crippen molar-refractivity contribution in [2.45, 2.75) is 64.2 Å². The van der Waals surface area contributed by atoms with Gasteiger partial charge in [0, 0.05) is 12.8 Å². The summed E-state index contributed by atoms with van der Waals surface area (Å²) in [6, 6.07) is 12.6. The van der Waals surface area contributed by atoms with Crippen LogP contribution in [0.1, 0.15) is 71.9 Å². The Balaban J connectivity index is 1.09. The van der Waals surface area contributed by atoms with E-state index in [1.165, 1.54) is 35.1 Å². The van der Waals surface area contributed by atoms with Crippen LogP contribution in [0.15, 0.2) is 46.6 Å². The van der Waals surface area contributed by atoms with Gasteiger partial charge in [-0.25, -0.2) is 10.9 Å². The molecule has 0 aliphatic heterocycles. The molecule has 166 valence electrons. The number of carbonyl (C=O) groups excluding carboxylic acids is 2. The second-order valence-corrected chi connectivity index (χ2v) is 8.56. The molecule has 6 heteroatoms. The fourth-order valence-electron chi connectivity index (χ4n) is 4.38. The highest BCUT2D eigenvalue weighted by atomic mass is 16.2. The van der Waals surface area contributed by atoms with E-state index in [1.54, 1.807) is 12.4 Å². The summed E-state index contributed by atoms with van der Waals surface area (Å²) >= 11 is 0. The van der Waals surface area contributed by atoms with E-state index in [1.807, 2.05) is 12.1 Å². The molecule has 0 unspecified atom stereocenters. The van der Waals surface area contributed by atoms with Crippen LogP contribution in [0.4, 0.5) is 0 Å². The van der Waals surface area contributed by atoms with Crippen molar-refractivity contribution in [3.05, 3.63) is 69.8 Å². The van der Waals surface area contributed by atoms with Gasteiger partial charge in [0.05, 0.1) is 12.4 Å². The van der Waals surface area contributed by atoms with Crippen molar-refractivity contribution in [1.29, 1.82) is 0 Å². The lowest BCUT2D eigenvalue weighted by Crippen LogP contribution is -2.19. The number of nitrogens with zero attached hydrogens (tertiary/aromatic N) is 2. The first-order chi connectivity index (χ1) is 15.7. The first-order valence-corrected chi connectivity index (χ1v) is 11.5. The Bertz CT molecular complexity index is 959. The molecule has 2 aromatic rings. The number of hydrogen-bond donors (Lipinski definition) is 2. The van der Waals surface area contributed by atoms with Crippen molar-refractivity contribution < 1.29 is 9.59 Å². The van der Waals surface area contributed by atoms with E-state index < -0.39 is 0 Å². The molecule has 4 rings (SSSR count). The summed E-state index contributed by atoms with van der Waals surface area (Å²) in [7, 11) is 0. The Hall–Kier alpha value is -3.28. The summed E-state index contributed by atoms with van der Waals surface area (Å²) in [6.07, 6.45) is 12.3. The lowest BCUT2D eigenvalue weighted by Gasteiger charge is -2.02. The van der Waals surface area contributed by atoms with Gasteiger partial charge in [0.25, 0.3) is 0 Å². The van der Waals surface area contributed by atoms with Crippen molar-refractivity contribution in [2.24, 2.45) is 10.2 Å². The molecular weight excluding hydrogens is 400 g/mol. The predicted octanol–water partition coefficient (Wildman–Crippen LogP) is 3.82. The van der Waals surface area contributed by atoms with Gasteiger partial charge in [0.1, 0.15) is 0 Å². The Morgan fingerprint density at radius 1 is 0.688 bits per heavy atom. The molecule has 0 spiro atoms. The van der Waals surface area contributed by atoms with Crippen LogP contribution in [-0.2, 0) is 35.3 Å². The van der Waals surface area contributed by atoms with E-state index in [2.05, 4.69) is 45.3 Å². The van der Waals surface area contributed by atoms with Crippen molar-refractivity contribution in [3.63, 3.8) is 0 Å². The van der Waals surface area contributed by atoms with E-state index >= 15 is 0 Å². The lowest BCUT2D eigenvalue weighted by molar-refractivity contribution is -0.123. The normalized spacial score (nSPS) is 14.6. The minimum atomic E-state index is -0.141. The number of aryl methyl sites for hydroxylation is 4. The van der Waals surface area contributed by atoms with Crippen LogP contribution in [-0.4, -0.2) is 24.2 Å².